The van der Waals surface area contributed by atoms with Gasteiger partial charge in [-0.2, -0.15) is 0 Å². The molecule has 0 saturated carbocycles. The zero-order chi connectivity index (χ0) is 14.4. The van der Waals surface area contributed by atoms with Crippen molar-refractivity contribution in [1.82, 2.24) is 5.32 Å². The van der Waals surface area contributed by atoms with E-state index in [0.29, 0.717) is 19.4 Å². The molecule has 0 aliphatic heterocycles. The molecule has 2 aromatic carbocycles. The molecular weight excluding hydrogens is 250 g/mol. The summed E-state index contributed by atoms with van der Waals surface area (Å²) in [6.45, 7) is 2.26. The Morgan fingerprint density at radius 2 is 1.95 bits per heavy atom. The van der Waals surface area contributed by atoms with E-state index in [4.69, 9.17) is 5.11 Å². The largest absolute Gasteiger partial charge is 0.393 e. The lowest BCUT2D eigenvalue weighted by Crippen LogP contribution is -2.26. The third-order valence-corrected chi connectivity index (χ3v) is 3.34. The fraction of sp³-hybridized carbons (Fsp3) is 0.353. The van der Waals surface area contributed by atoms with E-state index in [2.05, 4.69) is 35.6 Å². The zero-order valence-corrected chi connectivity index (χ0v) is 11.8. The van der Waals surface area contributed by atoms with Crippen LogP contribution in [0.2, 0.25) is 0 Å². The molecule has 1 atom stereocenters. The van der Waals surface area contributed by atoms with Gasteiger partial charge in [0.2, 0.25) is 5.91 Å². The number of rotatable bonds is 6. The number of carbonyl (C=O) groups excluding carboxylic acids is 1. The number of fused-ring (bicyclic) bond motifs is 1. The van der Waals surface area contributed by atoms with Crippen LogP contribution in [0, 0.1) is 0 Å². The first-order chi connectivity index (χ1) is 9.65. The van der Waals surface area contributed by atoms with Crippen molar-refractivity contribution in [3.63, 3.8) is 0 Å². The molecule has 0 spiro atoms. The third-order valence-electron chi connectivity index (χ3n) is 3.34. The highest BCUT2D eigenvalue weighted by molar-refractivity contribution is 5.83. The van der Waals surface area contributed by atoms with Gasteiger partial charge in [-0.15, -0.1) is 0 Å². The number of hydrogen-bond donors (Lipinski definition) is 2. The monoisotopic (exact) mass is 271 g/mol. The Morgan fingerprint density at radius 3 is 2.70 bits per heavy atom. The van der Waals surface area contributed by atoms with Gasteiger partial charge in [-0.25, -0.2) is 0 Å². The molecule has 20 heavy (non-hydrogen) atoms. The molecule has 0 aromatic heterocycles. The van der Waals surface area contributed by atoms with Crippen molar-refractivity contribution in [3.05, 3.63) is 48.0 Å². The molecule has 0 heterocycles. The minimum Gasteiger partial charge on any atom is -0.393 e. The number of benzene rings is 2. The van der Waals surface area contributed by atoms with Crippen molar-refractivity contribution in [2.75, 3.05) is 6.54 Å². The fourth-order valence-corrected chi connectivity index (χ4v) is 2.16. The molecule has 1 amide bonds. The van der Waals surface area contributed by atoms with E-state index in [9.17, 15) is 4.79 Å². The summed E-state index contributed by atoms with van der Waals surface area (Å²) in [6, 6.07) is 14.5. The van der Waals surface area contributed by atoms with Crippen LogP contribution in [0.15, 0.2) is 42.5 Å². The first-order valence-corrected chi connectivity index (χ1v) is 7.07. The molecule has 2 N–H and O–H groups in total. The van der Waals surface area contributed by atoms with Crippen LogP contribution in [0.4, 0.5) is 0 Å². The summed E-state index contributed by atoms with van der Waals surface area (Å²) in [5.74, 6) is 0.0406. The molecule has 2 aromatic rings. The topological polar surface area (TPSA) is 49.3 Å². The number of carbonyl (C=O) groups is 1. The second kappa shape index (κ2) is 7.06. The molecular formula is C17H21NO2. The van der Waals surface area contributed by atoms with Gasteiger partial charge in [0, 0.05) is 13.0 Å². The van der Waals surface area contributed by atoms with Crippen LogP contribution in [0.5, 0.6) is 0 Å². The first-order valence-electron chi connectivity index (χ1n) is 7.07. The Labute approximate surface area is 119 Å². The van der Waals surface area contributed by atoms with E-state index in [0.717, 1.165) is 6.42 Å². The highest BCUT2D eigenvalue weighted by atomic mass is 16.3. The number of hydrogen-bond acceptors (Lipinski definition) is 2. The van der Waals surface area contributed by atoms with Crippen LogP contribution in [0.3, 0.4) is 0 Å². The molecule has 3 nitrogen and oxygen atoms in total. The quantitative estimate of drug-likeness (QED) is 0.848. The summed E-state index contributed by atoms with van der Waals surface area (Å²) in [7, 11) is 0. The van der Waals surface area contributed by atoms with Crippen LogP contribution < -0.4 is 5.32 Å². The standard InChI is InChI=1S/C17H21NO2/c1-13(19)10-11-18-17(20)9-7-14-6-8-15-4-2-3-5-16(15)12-14/h2-6,8,12-13,19H,7,9-11H2,1H3,(H,18,20)/t13-/m0/s1. The average molecular weight is 271 g/mol. The van der Waals surface area contributed by atoms with Gasteiger partial charge < -0.3 is 10.4 Å². The maximum atomic E-state index is 11.7. The zero-order valence-electron chi connectivity index (χ0n) is 11.8. The predicted octanol–water partition coefficient (Wildman–Crippen LogP) is 2.66. The van der Waals surface area contributed by atoms with Gasteiger partial charge in [-0.1, -0.05) is 42.5 Å². The van der Waals surface area contributed by atoms with Crippen molar-refractivity contribution >= 4 is 16.7 Å². The molecule has 0 aliphatic rings. The van der Waals surface area contributed by atoms with E-state index >= 15 is 0 Å². The smallest absolute Gasteiger partial charge is 0.220 e. The average Bonchev–Trinajstić information content (AvgIpc) is 2.44. The maximum Gasteiger partial charge on any atom is 0.220 e. The Hall–Kier alpha value is -1.87. The van der Waals surface area contributed by atoms with Crippen molar-refractivity contribution < 1.29 is 9.90 Å². The van der Waals surface area contributed by atoms with Gasteiger partial charge in [0.1, 0.15) is 0 Å². The van der Waals surface area contributed by atoms with E-state index in [-0.39, 0.29) is 12.0 Å². The second-order valence-electron chi connectivity index (χ2n) is 5.17. The van der Waals surface area contributed by atoms with Gasteiger partial charge in [0.15, 0.2) is 0 Å². The first kappa shape index (κ1) is 14.5. The normalized spacial score (nSPS) is 12.3. The van der Waals surface area contributed by atoms with Crippen molar-refractivity contribution in [2.24, 2.45) is 0 Å². The Balaban J connectivity index is 1.84. The number of aliphatic hydroxyl groups is 1. The van der Waals surface area contributed by atoms with Gasteiger partial charge in [0.25, 0.3) is 0 Å². The predicted molar refractivity (Wildman–Crippen MR) is 81.6 cm³/mol. The number of aliphatic hydroxyl groups excluding tert-OH is 1. The molecule has 0 radical (unpaired) electrons. The molecule has 2 rings (SSSR count). The van der Waals surface area contributed by atoms with Gasteiger partial charge in [-0.05, 0) is 36.1 Å². The Kier molecular flexibility index (Phi) is 5.13. The lowest BCUT2D eigenvalue weighted by atomic mass is 10.0. The molecule has 0 fully saturated rings. The highest BCUT2D eigenvalue weighted by Crippen LogP contribution is 2.16. The maximum absolute atomic E-state index is 11.7. The van der Waals surface area contributed by atoms with Gasteiger partial charge in [-0.3, -0.25) is 4.79 Å². The highest BCUT2D eigenvalue weighted by Gasteiger charge is 2.03. The van der Waals surface area contributed by atoms with Gasteiger partial charge >= 0.3 is 0 Å². The van der Waals surface area contributed by atoms with E-state index in [1.165, 1.54) is 16.3 Å². The van der Waals surface area contributed by atoms with E-state index < -0.39 is 0 Å². The Morgan fingerprint density at radius 1 is 1.20 bits per heavy atom. The van der Waals surface area contributed by atoms with Crippen LogP contribution in [0.25, 0.3) is 10.8 Å². The van der Waals surface area contributed by atoms with Gasteiger partial charge in [0.05, 0.1) is 6.10 Å². The minimum atomic E-state index is -0.365. The number of amides is 1. The fourth-order valence-electron chi connectivity index (χ4n) is 2.16. The molecule has 0 aliphatic carbocycles. The summed E-state index contributed by atoms with van der Waals surface area (Å²) in [5.41, 5.74) is 1.18. The molecule has 0 unspecified atom stereocenters. The lowest BCUT2D eigenvalue weighted by Gasteiger charge is -2.07. The summed E-state index contributed by atoms with van der Waals surface area (Å²) < 4.78 is 0. The third kappa shape index (κ3) is 4.35. The molecule has 106 valence electrons. The van der Waals surface area contributed by atoms with Crippen molar-refractivity contribution in [1.29, 1.82) is 0 Å². The molecule has 0 bridgehead atoms. The van der Waals surface area contributed by atoms with E-state index in [1.54, 1.807) is 6.92 Å². The summed E-state index contributed by atoms with van der Waals surface area (Å²) in [6.07, 6.45) is 1.46. The van der Waals surface area contributed by atoms with Crippen LogP contribution in [0.1, 0.15) is 25.3 Å². The lowest BCUT2D eigenvalue weighted by molar-refractivity contribution is -0.121. The van der Waals surface area contributed by atoms with Crippen LogP contribution in [-0.2, 0) is 11.2 Å². The van der Waals surface area contributed by atoms with Crippen molar-refractivity contribution in [2.45, 2.75) is 32.3 Å². The summed E-state index contributed by atoms with van der Waals surface area (Å²) in [5, 5.41) is 14.4. The molecule has 3 heteroatoms. The van der Waals surface area contributed by atoms with E-state index in [1.807, 2.05) is 12.1 Å². The van der Waals surface area contributed by atoms with Crippen LogP contribution in [-0.4, -0.2) is 23.7 Å². The minimum absolute atomic E-state index is 0.0406. The summed E-state index contributed by atoms with van der Waals surface area (Å²) >= 11 is 0. The SMILES string of the molecule is C[C@H](O)CCNC(=O)CCc1ccc2ccccc2c1. The van der Waals surface area contributed by atoms with Crippen molar-refractivity contribution in [3.8, 4) is 0 Å². The van der Waals surface area contributed by atoms with Crippen LogP contribution >= 0.6 is 0 Å². The number of aryl methyl sites for hydroxylation is 1. The number of nitrogens with one attached hydrogen (secondary N) is 1. The Bertz CT molecular complexity index is 578. The second-order valence-corrected chi connectivity index (χ2v) is 5.17. The summed E-state index contributed by atoms with van der Waals surface area (Å²) in [4.78, 5) is 11.7. The molecule has 0 saturated heterocycles.